The lowest BCUT2D eigenvalue weighted by molar-refractivity contribution is -0.135. The fourth-order valence-corrected chi connectivity index (χ4v) is 3.64. The molecule has 9 nitrogen and oxygen atoms in total. The molecule has 1 fully saturated rings. The number of aromatic hydroxyl groups is 1. The number of hydrogen-bond acceptors (Lipinski definition) is 8. The van der Waals surface area contributed by atoms with Crippen molar-refractivity contribution in [3.05, 3.63) is 45.5 Å². The molecule has 1 aromatic carbocycles. The van der Waals surface area contributed by atoms with E-state index >= 15 is 0 Å². The van der Waals surface area contributed by atoms with Crippen LogP contribution in [-0.4, -0.2) is 63.5 Å². The van der Waals surface area contributed by atoms with Gasteiger partial charge in [-0.05, 0) is 24.6 Å². The summed E-state index contributed by atoms with van der Waals surface area (Å²) in [6.07, 6.45) is -0.0292. The average Bonchev–Trinajstić information content (AvgIpc) is 2.79. The highest BCUT2D eigenvalue weighted by Crippen LogP contribution is 2.43. The number of benzene rings is 1. The number of carbonyl (C=O) groups is 1. The molecule has 1 aromatic heterocycles. The van der Waals surface area contributed by atoms with Gasteiger partial charge in [0, 0.05) is 25.6 Å². The maximum atomic E-state index is 13.1. The second-order valence-electron chi connectivity index (χ2n) is 7.14. The molecule has 2 heterocycles. The molecule has 2 aromatic rings. The number of morpholine rings is 1. The van der Waals surface area contributed by atoms with E-state index in [1.54, 1.807) is 24.0 Å². The Labute approximate surface area is 180 Å². The fourth-order valence-electron chi connectivity index (χ4n) is 3.64. The van der Waals surface area contributed by atoms with Crippen molar-refractivity contribution >= 4 is 5.91 Å². The van der Waals surface area contributed by atoms with Gasteiger partial charge in [-0.25, -0.2) is 0 Å². The third-order valence-corrected chi connectivity index (χ3v) is 5.22. The van der Waals surface area contributed by atoms with Crippen LogP contribution in [0, 0.1) is 6.92 Å². The summed E-state index contributed by atoms with van der Waals surface area (Å²) in [5.74, 6) is 0.0728. The van der Waals surface area contributed by atoms with Gasteiger partial charge in [0.25, 0.3) is 0 Å². The number of aryl methyl sites for hydroxylation is 1. The van der Waals surface area contributed by atoms with Crippen LogP contribution >= 0.6 is 0 Å². The number of amides is 1. The Morgan fingerprint density at radius 2 is 1.71 bits per heavy atom. The van der Waals surface area contributed by atoms with Gasteiger partial charge in [0.05, 0.1) is 40.5 Å². The molecule has 1 saturated heterocycles. The molecule has 0 unspecified atom stereocenters. The van der Waals surface area contributed by atoms with E-state index in [2.05, 4.69) is 0 Å². The maximum Gasteiger partial charge on any atom is 0.227 e. The van der Waals surface area contributed by atoms with Crippen LogP contribution in [0.5, 0.6) is 23.0 Å². The van der Waals surface area contributed by atoms with Crippen LogP contribution in [0.25, 0.3) is 0 Å². The first-order valence-electron chi connectivity index (χ1n) is 9.88. The quantitative estimate of drug-likeness (QED) is 0.707. The second-order valence-corrected chi connectivity index (χ2v) is 7.14. The van der Waals surface area contributed by atoms with Crippen LogP contribution in [0.2, 0.25) is 0 Å². The molecule has 0 saturated carbocycles. The van der Waals surface area contributed by atoms with Crippen molar-refractivity contribution in [2.75, 3.05) is 47.6 Å². The van der Waals surface area contributed by atoms with E-state index in [1.807, 2.05) is 0 Å². The molecular weight excluding hydrogens is 406 g/mol. The second kappa shape index (κ2) is 9.74. The Kier molecular flexibility index (Phi) is 7.06. The summed E-state index contributed by atoms with van der Waals surface area (Å²) < 4.78 is 27.3. The molecule has 1 atom stereocenters. The highest BCUT2D eigenvalue weighted by atomic mass is 16.5. The summed E-state index contributed by atoms with van der Waals surface area (Å²) in [5.41, 5.74) is -0.00447. The van der Waals surface area contributed by atoms with E-state index in [0.717, 1.165) is 0 Å². The van der Waals surface area contributed by atoms with Crippen LogP contribution < -0.4 is 19.6 Å². The van der Waals surface area contributed by atoms with E-state index in [-0.39, 0.29) is 18.1 Å². The van der Waals surface area contributed by atoms with Crippen molar-refractivity contribution in [1.29, 1.82) is 0 Å². The Bertz CT molecular complexity index is 968. The summed E-state index contributed by atoms with van der Waals surface area (Å²) in [7, 11) is 4.46. The van der Waals surface area contributed by atoms with Crippen molar-refractivity contribution in [2.45, 2.75) is 19.3 Å². The number of hydrogen-bond donors (Lipinski definition) is 1. The van der Waals surface area contributed by atoms with Crippen molar-refractivity contribution < 1.29 is 33.3 Å². The molecule has 3 rings (SSSR count). The van der Waals surface area contributed by atoms with Gasteiger partial charge in [-0.2, -0.15) is 0 Å². The lowest BCUT2D eigenvalue weighted by Gasteiger charge is -2.29. The maximum absolute atomic E-state index is 13.1. The first-order valence-corrected chi connectivity index (χ1v) is 9.88. The van der Waals surface area contributed by atoms with Gasteiger partial charge in [0.2, 0.25) is 22.8 Å². The molecule has 1 aliphatic heterocycles. The number of carbonyl (C=O) groups excluding carboxylic acids is 1. The first-order chi connectivity index (χ1) is 14.9. The average molecular weight is 433 g/mol. The zero-order valence-electron chi connectivity index (χ0n) is 18.1. The number of methoxy groups -OCH3 is 3. The Morgan fingerprint density at radius 3 is 2.26 bits per heavy atom. The van der Waals surface area contributed by atoms with E-state index in [0.29, 0.717) is 54.9 Å². The molecule has 168 valence electrons. The van der Waals surface area contributed by atoms with Crippen LogP contribution in [0.15, 0.2) is 27.4 Å². The molecule has 0 bridgehead atoms. The van der Waals surface area contributed by atoms with Gasteiger partial charge in [-0.3, -0.25) is 9.59 Å². The normalized spacial score (nSPS) is 14.8. The smallest absolute Gasteiger partial charge is 0.227 e. The molecule has 9 heteroatoms. The van der Waals surface area contributed by atoms with E-state index in [1.165, 1.54) is 27.4 Å². The van der Waals surface area contributed by atoms with E-state index in [9.17, 15) is 14.7 Å². The SMILES string of the molecule is COc1cc([C@H](CC(=O)N2CCOCC2)c2oc(C)cc(=O)c2O)cc(OC)c1OC. The highest BCUT2D eigenvalue weighted by Gasteiger charge is 2.30. The first kappa shape index (κ1) is 22.5. The minimum atomic E-state index is -0.753. The van der Waals surface area contributed by atoms with Gasteiger partial charge in [0.1, 0.15) is 5.76 Å². The Balaban J connectivity index is 2.12. The molecule has 1 aliphatic rings. The van der Waals surface area contributed by atoms with Gasteiger partial charge >= 0.3 is 0 Å². The molecule has 1 N–H and O–H groups in total. The lowest BCUT2D eigenvalue weighted by atomic mass is 9.90. The van der Waals surface area contributed by atoms with E-state index < -0.39 is 17.1 Å². The largest absolute Gasteiger partial charge is 0.502 e. The van der Waals surface area contributed by atoms with Gasteiger partial charge in [0.15, 0.2) is 17.3 Å². The molecule has 31 heavy (non-hydrogen) atoms. The summed E-state index contributed by atoms with van der Waals surface area (Å²) in [4.78, 5) is 27.0. The topological polar surface area (TPSA) is 108 Å². The number of nitrogens with zero attached hydrogens (tertiary/aromatic N) is 1. The van der Waals surface area contributed by atoms with Crippen LogP contribution in [0.4, 0.5) is 0 Å². The van der Waals surface area contributed by atoms with Crippen molar-refractivity contribution in [1.82, 2.24) is 4.90 Å². The predicted octanol–water partition coefficient (Wildman–Crippen LogP) is 2.06. The summed E-state index contributed by atoms with van der Waals surface area (Å²) in [6.45, 7) is 3.49. The molecule has 0 aliphatic carbocycles. The minimum Gasteiger partial charge on any atom is -0.502 e. The predicted molar refractivity (Wildman–Crippen MR) is 111 cm³/mol. The summed E-state index contributed by atoms with van der Waals surface area (Å²) in [6, 6.07) is 4.57. The Hall–Kier alpha value is -3.20. The third-order valence-electron chi connectivity index (χ3n) is 5.22. The standard InChI is InChI=1S/C22H27NO8/c1-13-9-16(24)20(26)21(31-13)15(12-19(25)23-5-7-30-8-6-23)14-10-17(27-2)22(29-4)18(11-14)28-3/h9-11,15,26H,5-8,12H2,1-4H3/t15-/m0/s1. The van der Waals surface area contributed by atoms with Gasteiger partial charge in [-0.1, -0.05) is 0 Å². The molecule has 0 radical (unpaired) electrons. The summed E-state index contributed by atoms with van der Waals surface area (Å²) >= 11 is 0. The fraction of sp³-hybridized carbons (Fsp3) is 0.455. The van der Waals surface area contributed by atoms with Crippen LogP contribution in [-0.2, 0) is 9.53 Å². The van der Waals surface area contributed by atoms with Crippen molar-refractivity contribution in [2.24, 2.45) is 0 Å². The molecule has 0 spiro atoms. The monoisotopic (exact) mass is 433 g/mol. The molecular formula is C22H27NO8. The minimum absolute atomic E-state index is 0.0147. The van der Waals surface area contributed by atoms with Gasteiger partial charge in [-0.15, -0.1) is 0 Å². The van der Waals surface area contributed by atoms with Crippen LogP contribution in [0.1, 0.15) is 29.4 Å². The van der Waals surface area contributed by atoms with Gasteiger partial charge < -0.3 is 33.4 Å². The lowest BCUT2D eigenvalue weighted by Crippen LogP contribution is -2.41. The summed E-state index contributed by atoms with van der Waals surface area (Å²) in [5, 5.41) is 10.5. The number of rotatable bonds is 7. The van der Waals surface area contributed by atoms with Crippen LogP contribution in [0.3, 0.4) is 0 Å². The third kappa shape index (κ3) is 4.77. The number of ether oxygens (including phenoxy) is 4. The van der Waals surface area contributed by atoms with Crippen molar-refractivity contribution in [3.8, 4) is 23.0 Å². The van der Waals surface area contributed by atoms with Crippen molar-refractivity contribution in [3.63, 3.8) is 0 Å². The zero-order valence-corrected chi connectivity index (χ0v) is 18.1. The van der Waals surface area contributed by atoms with E-state index in [4.69, 9.17) is 23.4 Å². The highest BCUT2D eigenvalue weighted by molar-refractivity contribution is 5.78. The molecule has 1 amide bonds. The Morgan fingerprint density at radius 1 is 1.10 bits per heavy atom. The zero-order chi connectivity index (χ0) is 22.5.